The van der Waals surface area contributed by atoms with Gasteiger partial charge in [0.15, 0.2) is 0 Å². The van der Waals surface area contributed by atoms with Crippen LogP contribution in [0.25, 0.3) is 0 Å². The molecule has 1 aromatic carbocycles. The number of sulfonamides is 1. The molecule has 138 valence electrons. The quantitative estimate of drug-likeness (QED) is 0.874. The molecule has 1 unspecified atom stereocenters. The van der Waals surface area contributed by atoms with Gasteiger partial charge in [0.05, 0.1) is 10.9 Å². The Morgan fingerprint density at radius 3 is 2.62 bits per heavy atom. The van der Waals surface area contributed by atoms with Gasteiger partial charge < -0.3 is 4.90 Å². The first-order chi connectivity index (χ1) is 12.4. The molecule has 1 atom stereocenters. The van der Waals surface area contributed by atoms with E-state index in [9.17, 15) is 13.2 Å². The molecule has 8 nitrogen and oxygen atoms in total. The van der Waals surface area contributed by atoms with Crippen LogP contribution in [0.15, 0.2) is 29.2 Å². The molecule has 0 aliphatic carbocycles. The van der Waals surface area contributed by atoms with Gasteiger partial charge in [0, 0.05) is 25.2 Å². The second-order valence-electron chi connectivity index (χ2n) is 6.70. The first kappa shape index (κ1) is 17.2. The fraction of sp³-hybridized carbons (Fsp3) is 0.471. The van der Waals surface area contributed by atoms with Crippen LogP contribution < -0.4 is 9.62 Å². The molecule has 0 bridgehead atoms. The van der Waals surface area contributed by atoms with Crippen molar-refractivity contribution in [3.05, 3.63) is 35.9 Å². The predicted molar refractivity (Wildman–Crippen MR) is 95.1 cm³/mol. The Balaban J connectivity index is 1.55. The van der Waals surface area contributed by atoms with Crippen molar-refractivity contribution in [2.75, 3.05) is 11.4 Å². The summed E-state index contributed by atoms with van der Waals surface area (Å²) in [6.45, 7) is 3.24. The summed E-state index contributed by atoms with van der Waals surface area (Å²) in [6.07, 6.45) is 2.92. The van der Waals surface area contributed by atoms with Gasteiger partial charge in [-0.05, 0) is 50.5 Å². The lowest BCUT2D eigenvalue weighted by Crippen LogP contribution is -2.33. The minimum atomic E-state index is -3.68. The summed E-state index contributed by atoms with van der Waals surface area (Å²) in [4.78, 5) is 18.1. The summed E-state index contributed by atoms with van der Waals surface area (Å²) in [7, 11) is -3.68. The largest absolute Gasteiger partial charge is 0.312 e. The standard InChI is InChI=1S/C17H21N5O3S/c1-12-18-17-15(4-2-11-22(17)19-12)20-26(24,25)14-8-6-13(7-9-14)21-10-3-5-16(21)23/h6-9,15,20H,2-5,10-11H2,1H3. The molecule has 2 aromatic rings. The number of fused-ring (bicyclic) bond motifs is 1. The molecule has 1 saturated heterocycles. The van der Waals surface area contributed by atoms with Gasteiger partial charge in [0.1, 0.15) is 11.6 Å². The van der Waals surface area contributed by atoms with Gasteiger partial charge in [-0.15, -0.1) is 0 Å². The topological polar surface area (TPSA) is 97.2 Å². The molecule has 3 heterocycles. The highest BCUT2D eigenvalue weighted by molar-refractivity contribution is 7.89. The van der Waals surface area contributed by atoms with Crippen LogP contribution in [0.1, 0.15) is 43.4 Å². The number of anilines is 1. The number of amides is 1. The van der Waals surface area contributed by atoms with Crippen LogP contribution in [-0.4, -0.2) is 35.6 Å². The molecule has 1 fully saturated rings. The second-order valence-corrected chi connectivity index (χ2v) is 8.41. The van der Waals surface area contributed by atoms with Gasteiger partial charge in [-0.3, -0.25) is 4.79 Å². The molecule has 0 saturated carbocycles. The molecule has 9 heteroatoms. The highest BCUT2D eigenvalue weighted by Crippen LogP contribution is 2.27. The molecule has 1 N–H and O–H groups in total. The van der Waals surface area contributed by atoms with E-state index >= 15 is 0 Å². The van der Waals surface area contributed by atoms with E-state index in [1.807, 2.05) is 0 Å². The van der Waals surface area contributed by atoms with E-state index in [0.717, 1.165) is 25.1 Å². The number of rotatable bonds is 4. The van der Waals surface area contributed by atoms with Gasteiger partial charge in [-0.1, -0.05) is 0 Å². The first-order valence-corrected chi connectivity index (χ1v) is 10.3. The third-order valence-electron chi connectivity index (χ3n) is 4.81. The van der Waals surface area contributed by atoms with Crippen LogP contribution >= 0.6 is 0 Å². The summed E-state index contributed by atoms with van der Waals surface area (Å²) in [5, 5.41) is 4.30. The van der Waals surface area contributed by atoms with E-state index < -0.39 is 10.0 Å². The van der Waals surface area contributed by atoms with Crippen molar-refractivity contribution in [1.29, 1.82) is 0 Å². The van der Waals surface area contributed by atoms with Crippen molar-refractivity contribution in [3.63, 3.8) is 0 Å². The Labute approximate surface area is 152 Å². The van der Waals surface area contributed by atoms with Crippen LogP contribution in [0.4, 0.5) is 5.69 Å². The van der Waals surface area contributed by atoms with E-state index in [-0.39, 0.29) is 16.8 Å². The third kappa shape index (κ3) is 3.12. The first-order valence-electron chi connectivity index (χ1n) is 8.78. The van der Waals surface area contributed by atoms with Crippen LogP contribution in [-0.2, 0) is 21.4 Å². The number of nitrogens with one attached hydrogen (secondary N) is 1. The zero-order chi connectivity index (χ0) is 18.3. The Kier molecular flexibility index (Phi) is 4.28. The van der Waals surface area contributed by atoms with Crippen LogP contribution in [0.2, 0.25) is 0 Å². The second kappa shape index (κ2) is 6.48. The maximum atomic E-state index is 12.8. The average molecular weight is 375 g/mol. The molecule has 1 aromatic heterocycles. The Bertz CT molecular complexity index is 936. The smallest absolute Gasteiger partial charge is 0.241 e. The normalized spacial score (nSPS) is 20.4. The molecule has 1 amide bonds. The van der Waals surface area contributed by atoms with Crippen molar-refractivity contribution in [3.8, 4) is 0 Å². The van der Waals surface area contributed by atoms with Crippen molar-refractivity contribution < 1.29 is 13.2 Å². The highest BCUT2D eigenvalue weighted by atomic mass is 32.2. The van der Waals surface area contributed by atoms with Gasteiger partial charge in [0.25, 0.3) is 0 Å². The van der Waals surface area contributed by atoms with E-state index in [2.05, 4.69) is 14.8 Å². The summed E-state index contributed by atoms with van der Waals surface area (Å²) in [5.74, 6) is 1.39. The summed E-state index contributed by atoms with van der Waals surface area (Å²) >= 11 is 0. The maximum absolute atomic E-state index is 12.8. The van der Waals surface area contributed by atoms with Crippen molar-refractivity contribution in [2.24, 2.45) is 0 Å². The number of carbonyl (C=O) groups is 1. The Hall–Kier alpha value is -2.26. The van der Waals surface area contributed by atoms with Gasteiger partial charge >= 0.3 is 0 Å². The van der Waals surface area contributed by atoms with E-state index in [0.29, 0.717) is 31.0 Å². The Morgan fingerprint density at radius 1 is 1.15 bits per heavy atom. The van der Waals surface area contributed by atoms with Crippen LogP contribution in [0.5, 0.6) is 0 Å². The van der Waals surface area contributed by atoms with Gasteiger partial charge in [-0.2, -0.15) is 5.10 Å². The lowest BCUT2D eigenvalue weighted by molar-refractivity contribution is -0.117. The molecule has 4 rings (SSSR count). The van der Waals surface area contributed by atoms with Crippen molar-refractivity contribution in [2.45, 2.75) is 50.1 Å². The van der Waals surface area contributed by atoms with E-state index in [1.165, 1.54) is 0 Å². The van der Waals surface area contributed by atoms with E-state index in [1.54, 1.807) is 40.8 Å². The molecule has 26 heavy (non-hydrogen) atoms. The lowest BCUT2D eigenvalue weighted by Gasteiger charge is -2.23. The highest BCUT2D eigenvalue weighted by Gasteiger charge is 2.29. The minimum absolute atomic E-state index is 0.0793. The predicted octanol–water partition coefficient (Wildman–Crippen LogP) is 1.53. The summed E-state index contributed by atoms with van der Waals surface area (Å²) in [5.41, 5.74) is 0.736. The average Bonchev–Trinajstić information content (AvgIpc) is 3.20. The molecule has 2 aliphatic rings. The Morgan fingerprint density at radius 2 is 1.92 bits per heavy atom. The molecule has 0 radical (unpaired) electrons. The molecular formula is C17H21N5O3S. The number of aromatic nitrogens is 3. The van der Waals surface area contributed by atoms with Crippen molar-refractivity contribution >= 4 is 21.6 Å². The van der Waals surface area contributed by atoms with Crippen molar-refractivity contribution in [1.82, 2.24) is 19.5 Å². The summed E-state index contributed by atoms with van der Waals surface area (Å²) < 4.78 is 30.0. The van der Waals surface area contributed by atoms with Gasteiger partial charge in [0.2, 0.25) is 15.9 Å². The molecule has 0 spiro atoms. The molecule has 2 aliphatic heterocycles. The maximum Gasteiger partial charge on any atom is 0.241 e. The number of hydrogen-bond acceptors (Lipinski definition) is 5. The monoisotopic (exact) mass is 375 g/mol. The lowest BCUT2D eigenvalue weighted by atomic mass is 10.1. The number of hydrogen-bond donors (Lipinski definition) is 1. The zero-order valence-electron chi connectivity index (χ0n) is 14.6. The van der Waals surface area contributed by atoms with Crippen LogP contribution in [0, 0.1) is 6.92 Å². The number of carbonyl (C=O) groups excluding carboxylic acids is 1. The third-order valence-corrected chi connectivity index (χ3v) is 6.30. The minimum Gasteiger partial charge on any atom is -0.312 e. The van der Waals surface area contributed by atoms with E-state index in [4.69, 9.17) is 0 Å². The van der Waals surface area contributed by atoms with Gasteiger partial charge in [-0.25, -0.2) is 22.8 Å². The number of benzene rings is 1. The fourth-order valence-electron chi connectivity index (χ4n) is 3.56. The zero-order valence-corrected chi connectivity index (χ0v) is 15.4. The SMILES string of the molecule is Cc1nc2n(n1)CCCC2NS(=O)(=O)c1ccc(N2CCCC2=O)cc1. The fourth-order valence-corrected chi connectivity index (χ4v) is 4.79. The summed E-state index contributed by atoms with van der Waals surface area (Å²) in [6, 6.07) is 6.08. The van der Waals surface area contributed by atoms with Crippen LogP contribution in [0.3, 0.4) is 0 Å². The number of aryl methyl sites for hydroxylation is 2. The molecular weight excluding hydrogens is 354 g/mol. The number of nitrogens with zero attached hydrogens (tertiary/aromatic N) is 4.